The highest BCUT2D eigenvalue weighted by atomic mass is 35.5. The minimum absolute atomic E-state index is 0.201. The van der Waals surface area contributed by atoms with E-state index in [1.165, 1.54) is 6.20 Å². The lowest BCUT2D eigenvalue weighted by Gasteiger charge is -2.21. The van der Waals surface area contributed by atoms with Crippen LogP contribution < -0.4 is 14.2 Å². The number of ether oxygens (including phenoxy) is 3. The smallest absolute Gasteiger partial charge is 0.142 e. The maximum absolute atomic E-state index is 9.81. The van der Waals surface area contributed by atoms with Gasteiger partial charge in [0, 0.05) is 74.7 Å². The molecule has 0 aliphatic carbocycles. The molecule has 0 spiro atoms. The second-order valence-electron chi connectivity index (χ2n) is 13.7. The van der Waals surface area contributed by atoms with Crippen LogP contribution >= 0.6 is 11.6 Å². The number of aliphatic hydroxyl groups excluding tert-OH is 1. The normalized spacial score (nSPS) is 14.3. The van der Waals surface area contributed by atoms with Gasteiger partial charge < -0.3 is 24.2 Å². The van der Waals surface area contributed by atoms with Crippen molar-refractivity contribution in [2.75, 3.05) is 33.3 Å². The summed E-state index contributed by atoms with van der Waals surface area (Å²) >= 11 is 6.89. The van der Waals surface area contributed by atoms with Crippen LogP contribution in [0, 0.1) is 25.2 Å². The van der Waals surface area contributed by atoms with Crippen LogP contribution in [0.3, 0.4) is 0 Å². The zero-order valence-corrected chi connectivity index (χ0v) is 31.4. The lowest BCUT2D eigenvalue weighted by Crippen LogP contribution is -2.24. The summed E-state index contributed by atoms with van der Waals surface area (Å²) in [6.45, 7) is 9.33. The SMILES string of the molecule is Cc1c(COc2cc(OCc3cncc(C#N)c3)c(CN(C)Cc3ccncc3)cc2Cl)cccc1-c1cccc(OCCCN2CC[C@@H](O)C2)c1C. The van der Waals surface area contributed by atoms with Crippen molar-refractivity contribution in [3.05, 3.63) is 135 Å². The second-order valence-corrected chi connectivity index (χ2v) is 14.1. The molecule has 6 rings (SSSR count). The van der Waals surface area contributed by atoms with Gasteiger partial charge in [-0.25, -0.2) is 0 Å². The second kappa shape index (κ2) is 18.2. The Morgan fingerprint density at radius 1 is 0.849 bits per heavy atom. The van der Waals surface area contributed by atoms with Crippen molar-refractivity contribution < 1.29 is 19.3 Å². The number of benzene rings is 3. The first-order chi connectivity index (χ1) is 25.8. The summed E-state index contributed by atoms with van der Waals surface area (Å²) in [6.07, 6.45) is 8.38. The Balaban J connectivity index is 1.17. The van der Waals surface area contributed by atoms with Gasteiger partial charge in [-0.1, -0.05) is 41.9 Å². The Kier molecular flexibility index (Phi) is 13.0. The highest BCUT2D eigenvalue weighted by molar-refractivity contribution is 6.32. The number of halogens is 1. The third kappa shape index (κ3) is 10.1. The molecule has 0 radical (unpaired) electrons. The number of nitrogens with zero attached hydrogens (tertiary/aromatic N) is 5. The van der Waals surface area contributed by atoms with Gasteiger partial charge in [0.05, 0.1) is 23.3 Å². The molecule has 2 aromatic heterocycles. The molecule has 53 heavy (non-hydrogen) atoms. The van der Waals surface area contributed by atoms with Crippen molar-refractivity contribution in [3.63, 3.8) is 0 Å². The Hall–Kier alpha value is -4.98. The number of β-amino-alcohol motifs (C(OH)–C–C–N with tert-alkyl or cyclic N) is 1. The van der Waals surface area contributed by atoms with E-state index in [1.54, 1.807) is 24.7 Å². The zero-order valence-electron chi connectivity index (χ0n) is 30.6. The monoisotopic (exact) mass is 731 g/mol. The fourth-order valence-electron chi connectivity index (χ4n) is 6.72. The van der Waals surface area contributed by atoms with E-state index in [0.29, 0.717) is 41.8 Å². The molecule has 274 valence electrons. The van der Waals surface area contributed by atoms with Crippen LogP contribution in [-0.4, -0.2) is 64.3 Å². The lowest BCUT2D eigenvalue weighted by molar-refractivity contribution is 0.173. The number of pyridine rings is 2. The Bertz CT molecular complexity index is 2040. The number of aliphatic hydroxyl groups is 1. The maximum atomic E-state index is 9.81. The van der Waals surface area contributed by atoms with Crippen LogP contribution in [0.15, 0.2) is 91.5 Å². The average molecular weight is 732 g/mol. The summed E-state index contributed by atoms with van der Waals surface area (Å²) < 4.78 is 19.0. The van der Waals surface area contributed by atoms with Gasteiger partial charge in [-0.2, -0.15) is 5.26 Å². The zero-order chi connectivity index (χ0) is 37.2. The number of nitriles is 1. The van der Waals surface area contributed by atoms with Gasteiger partial charge in [0.15, 0.2) is 0 Å². The molecule has 3 heterocycles. The van der Waals surface area contributed by atoms with E-state index in [0.717, 1.165) is 89.3 Å². The summed E-state index contributed by atoms with van der Waals surface area (Å²) in [5.41, 5.74) is 8.82. The molecule has 0 amide bonds. The third-order valence-corrected chi connectivity index (χ3v) is 9.90. The third-order valence-electron chi connectivity index (χ3n) is 9.60. The molecule has 10 heteroatoms. The molecule has 0 saturated carbocycles. The predicted molar refractivity (Wildman–Crippen MR) is 207 cm³/mol. The summed E-state index contributed by atoms with van der Waals surface area (Å²) in [5.74, 6) is 2.04. The standard InChI is InChI=1S/C43H46ClN5O4/c1-30-35(7-4-8-38(30)39-9-5-10-41(31(39)2)51-18-6-16-49-17-13-37(50)27-49)29-53-43-21-42(52-28-34-19-33(22-45)23-47-24-34)36(20-40(43)44)26-48(3)25-32-11-14-46-15-12-32/h4-5,7-12,14-15,19-21,23-24,37,50H,6,13,16-18,25-29H2,1-3H3/t37-/m1/s1. The van der Waals surface area contributed by atoms with E-state index < -0.39 is 0 Å². The highest BCUT2D eigenvalue weighted by Crippen LogP contribution is 2.37. The molecule has 3 aromatic carbocycles. The van der Waals surface area contributed by atoms with Gasteiger partial charge in [-0.3, -0.25) is 14.9 Å². The number of rotatable bonds is 16. The molecule has 1 atom stereocenters. The van der Waals surface area contributed by atoms with Crippen molar-refractivity contribution in [1.82, 2.24) is 19.8 Å². The largest absolute Gasteiger partial charge is 0.493 e. The molecule has 9 nitrogen and oxygen atoms in total. The van der Waals surface area contributed by atoms with Gasteiger partial charge >= 0.3 is 0 Å². The molecule has 1 aliphatic heterocycles. The molecule has 0 bridgehead atoms. The Labute approximate surface area is 317 Å². The first-order valence-corrected chi connectivity index (χ1v) is 18.4. The summed E-state index contributed by atoms with van der Waals surface area (Å²) in [5, 5.41) is 19.7. The highest BCUT2D eigenvalue weighted by Gasteiger charge is 2.20. The quantitative estimate of drug-likeness (QED) is 0.101. The predicted octanol–water partition coefficient (Wildman–Crippen LogP) is 7.91. The van der Waals surface area contributed by atoms with Gasteiger partial charge in [0.1, 0.15) is 36.5 Å². The van der Waals surface area contributed by atoms with Crippen LogP contribution in [-0.2, 0) is 26.3 Å². The van der Waals surface area contributed by atoms with Crippen molar-refractivity contribution in [2.24, 2.45) is 0 Å². The first kappa shape index (κ1) is 37.8. The lowest BCUT2D eigenvalue weighted by atomic mass is 9.93. The van der Waals surface area contributed by atoms with E-state index >= 15 is 0 Å². The Morgan fingerprint density at radius 3 is 2.40 bits per heavy atom. The number of hydrogen-bond acceptors (Lipinski definition) is 9. The minimum Gasteiger partial charge on any atom is -0.493 e. The van der Waals surface area contributed by atoms with E-state index in [-0.39, 0.29) is 12.7 Å². The molecule has 1 fully saturated rings. The van der Waals surface area contributed by atoms with Crippen LogP contribution in [0.2, 0.25) is 5.02 Å². The van der Waals surface area contributed by atoms with Crippen LogP contribution in [0.4, 0.5) is 0 Å². The van der Waals surface area contributed by atoms with Crippen LogP contribution in [0.25, 0.3) is 11.1 Å². The van der Waals surface area contributed by atoms with Gasteiger partial charge in [-0.05, 0) is 97.4 Å². The maximum Gasteiger partial charge on any atom is 0.142 e. The van der Waals surface area contributed by atoms with Gasteiger partial charge in [0.25, 0.3) is 0 Å². The van der Waals surface area contributed by atoms with Gasteiger partial charge in [-0.15, -0.1) is 0 Å². The summed E-state index contributed by atoms with van der Waals surface area (Å²) in [7, 11) is 2.05. The van der Waals surface area contributed by atoms with Crippen molar-refractivity contribution >= 4 is 11.6 Å². The first-order valence-electron chi connectivity index (χ1n) is 18.0. The topological polar surface area (TPSA) is 104 Å². The van der Waals surface area contributed by atoms with E-state index in [4.69, 9.17) is 25.8 Å². The number of likely N-dealkylation sites (tertiary alicyclic amines) is 1. The molecule has 1 saturated heterocycles. The minimum atomic E-state index is -0.201. The molecular formula is C43H46ClN5O4. The van der Waals surface area contributed by atoms with Crippen molar-refractivity contribution in [2.45, 2.75) is 59.1 Å². The van der Waals surface area contributed by atoms with Gasteiger partial charge in [0.2, 0.25) is 0 Å². The van der Waals surface area contributed by atoms with Crippen LogP contribution in [0.1, 0.15) is 51.8 Å². The molecule has 1 N–H and O–H groups in total. The van der Waals surface area contributed by atoms with E-state index in [2.05, 4.69) is 63.9 Å². The van der Waals surface area contributed by atoms with Crippen LogP contribution in [0.5, 0.6) is 17.2 Å². The van der Waals surface area contributed by atoms with E-state index in [9.17, 15) is 10.4 Å². The summed E-state index contributed by atoms with van der Waals surface area (Å²) in [4.78, 5) is 12.8. The number of hydrogen-bond donors (Lipinski definition) is 1. The van der Waals surface area contributed by atoms with Crippen molar-refractivity contribution in [1.29, 1.82) is 5.26 Å². The van der Waals surface area contributed by atoms with E-state index in [1.807, 2.05) is 43.4 Å². The molecule has 5 aromatic rings. The van der Waals surface area contributed by atoms with Crippen molar-refractivity contribution in [3.8, 4) is 34.4 Å². The molecule has 0 unspecified atom stereocenters. The fraction of sp³-hybridized carbons (Fsp3) is 0.326. The Morgan fingerprint density at radius 2 is 1.62 bits per heavy atom. The summed E-state index contributed by atoms with van der Waals surface area (Å²) in [6, 6.07) is 24.1. The number of aromatic nitrogens is 2. The molecular weight excluding hydrogens is 686 g/mol. The fourth-order valence-corrected chi connectivity index (χ4v) is 6.96. The molecule has 1 aliphatic rings. The average Bonchev–Trinajstić information content (AvgIpc) is 3.58.